The lowest BCUT2D eigenvalue weighted by Gasteiger charge is -2.23. The van der Waals surface area contributed by atoms with Crippen molar-refractivity contribution in [2.24, 2.45) is 0 Å². The summed E-state index contributed by atoms with van der Waals surface area (Å²) < 4.78 is 27.3. The molecule has 7 heteroatoms. The fraction of sp³-hybridized carbons (Fsp3) is 0.174. The first-order valence-corrected chi connectivity index (χ1v) is 12.3. The maximum atomic E-state index is 12.5. The van der Waals surface area contributed by atoms with E-state index in [9.17, 15) is 13.2 Å². The summed E-state index contributed by atoms with van der Waals surface area (Å²) in [6.07, 6.45) is 1.20. The van der Waals surface area contributed by atoms with Crippen LogP contribution in [0, 0.1) is 17.4 Å². The van der Waals surface area contributed by atoms with Gasteiger partial charge < -0.3 is 5.32 Å². The largest absolute Gasteiger partial charge is 0.322 e. The first-order valence-electron chi connectivity index (χ1n) is 9.34. The van der Waals surface area contributed by atoms with Gasteiger partial charge in [-0.25, -0.2) is 8.42 Å². The molecule has 0 radical (unpaired) electrons. The number of nitrogens with zero attached hydrogens (tertiary/aromatic N) is 1. The maximum Gasteiger partial charge on any atom is 0.255 e. The molecular weight excluding hydrogens is 511 g/mol. The molecule has 0 heterocycles. The molecule has 0 unspecified atom stereocenters. The van der Waals surface area contributed by atoms with Crippen LogP contribution in [0.1, 0.15) is 27.0 Å². The first-order chi connectivity index (χ1) is 14.1. The predicted molar refractivity (Wildman–Crippen MR) is 130 cm³/mol. The Balaban J connectivity index is 1.77. The lowest BCUT2D eigenvalue weighted by molar-refractivity contribution is 0.102. The number of anilines is 2. The molecule has 30 heavy (non-hydrogen) atoms. The Hall–Kier alpha value is -2.39. The number of amides is 1. The van der Waals surface area contributed by atoms with Crippen molar-refractivity contribution in [2.75, 3.05) is 15.9 Å². The molecule has 0 aromatic heterocycles. The van der Waals surface area contributed by atoms with Crippen LogP contribution in [0.5, 0.6) is 0 Å². The monoisotopic (exact) mass is 534 g/mol. The van der Waals surface area contributed by atoms with Gasteiger partial charge in [0.25, 0.3) is 5.91 Å². The van der Waals surface area contributed by atoms with Gasteiger partial charge in [0.15, 0.2) is 0 Å². The fourth-order valence-corrected chi connectivity index (χ4v) is 4.18. The molecule has 3 aromatic rings. The highest BCUT2D eigenvalue weighted by Gasteiger charge is 2.18. The number of benzene rings is 3. The molecule has 1 N–H and O–H groups in total. The van der Waals surface area contributed by atoms with E-state index >= 15 is 0 Å². The predicted octanol–water partition coefficient (Wildman–Crippen LogP) is 5.13. The highest BCUT2D eigenvalue weighted by molar-refractivity contribution is 14.1. The molecule has 3 aromatic carbocycles. The Kier molecular flexibility index (Phi) is 6.82. The summed E-state index contributed by atoms with van der Waals surface area (Å²) in [5.74, 6) is -0.211. The van der Waals surface area contributed by atoms with E-state index in [1.165, 1.54) is 10.6 Å². The average Bonchev–Trinajstić information content (AvgIpc) is 2.69. The molecule has 156 valence electrons. The van der Waals surface area contributed by atoms with Crippen molar-refractivity contribution in [1.82, 2.24) is 0 Å². The molecule has 0 aliphatic carbocycles. The number of aryl methyl sites for hydroxylation is 2. The van der Waals surface area contributed by atoms with Crippen LogP contribution in [-0.4, -0.2) is 20.6 Å². The van der Waals surface area contributed by atoms with Crippen LogP contribution < -0.4 is 9.62 Å². The van der Waals surface area contributed by atoms with Crippen molar-refractivity contribution >= 4 is 49.9 Å². The van der Waals surface area contributed by atoms with Crippen LogP contribution in [-0.2, 0) is 16.6 Å². The molecule has 5 nitrogen and oxygen atoms in total. The van der Waals surface area contributed by atoms with Crippen molar-refractivity contribution in [3.05, 3.63) is 92.6 Å². The van der Waals surface area contributed by atoms with Crippen LogP contribution >= 0.6 is 22.6 Å². The zero-order chi connectivity index (χ0) is 21.9. The van der Waals surface area contributed by atoms with Gasteiger partial charge in [-0.15, -0.1) is 0 Å². The van der Waals surface area contributed by atoms with E-state index in [0.717, 1.165) is 25.9 Å². The van der Waals surface area contributed by atoms with Crippen molar-refractivity contribution in [3.63, 3.8) is 0 Å². The van der Waals surface area contributed by atoms with E-state index in [1.54, 1.807) is 24.3 Å². The number of halogens is 1. The van der Waals surface area contributed by atoms with Gasteiger partial charge in [0.2, 0.25) is 10.0 Å². The van der Waals surface area contributed by atoms with E-state index in [1.807, 2.05) is 56.3 Å². The summed E-state index contributed by atoms with van der Waals surface area (Å²) >= 11 is 2.21. The molecule has 0 saturated carbocycles. The zero-order valence-electron chi connectivity index (χ0n) is 17.0. The van der Waals surface area contributed by atoms with E-state index in [2.05, 4.69) is 27.9 Å². The van der Waals surface area contributed by atoms with E-state index in [0.29, 0.717) is 11.3 Å². The second-order valence-electron chi connectivity index (χ2n) is 7.20. The topological polar surface area (TPSA) is 66.5 Å². The first kappa shape index (κ1) is 22.3. The molecule has 0 atom stereocenters. The summed E-state index contributed by atoms with van der Waals surface area (Å²) in [4.78, 5) is 12.5. The number of hydrogen-bond acceptors (Lipinski definition) is 3. The molecule has 0 spiro atoms. The van der Waals surface area contributed by atoms with Gasteiger partial charge in [0.1, 0.15) is 0 Å². The molecule has 3 rings (SSSR count). The standard InChI is InChI=1S/C23H23IN2O3S/c1-16-4-13-22(14-17(16)2)26(30(3,28)29)15-18-5-7-19(8-6-18)23(27)25-21-11-9-20(24)10-12-21/h4-14H,15H2,1-3H3,(H,25,27). The van der Waals surface area contributed by atoms with Gasteiger partial charge in [-0.2, -0.15) is 0 Å². The Morgan fingerprint density at radius 2 is 1.57 bits per heavy atom. The summed E-state index contributed by atoms with van der Waals surface area (Å²) in [5, 5.41) is 2.86. The molecule has 0 saturated heterocycles. The number of carbonyl (C=O) groups is 1. The van der Waals surface area contributed by atoms with Crippen molar-refractivity contribution < 1.29 is 13.2 Å². The second kappa shape index (κ2) is 9.18. The smallest absolute Gasteiger partial charge is 0.255 e. The Bertz CT molecular complexity index is 1160. The van der Waals surface area contributed by atoms with Crippen LogP contribution in [0.2, 0.25) is 0 Å². The van der Waals surface area contributed by atoms with Gasteiger partial charge >= 0.3 is 0 Å². The van der Waals surface area contributed by atoms with Crippen molar-refractivity contribution in [2.45, 2.75) is 20.4 Å². The van der Waals surface area contributed by atoms with Crippen molar-refractivity contribution in [3.8, 4) is 0 Å². The summed E-state index contributed by atoms with van der Waals surface area (Å²) in [6, 6.07) is 20.1. The Morgan fingerprint density at radius 3 is 2.13 bits per heavy atom. The van der Waals surface area contributed by atoms with Gasteiger partial charge in [-0.3, -0.25) is 9.10 Å². The molecule has 0 aliphatic heterocycles. The van der Waals surface area contributed by atoms with Gasteiger partial charge in [-0.05, 0) is 102 Å². The third-order valence-electron chi connectivity index (χ3n) is 4.82. The number of nitrogens with one attached hydrogen (secondary N) is 1. The number of hydrogen-bond donors (Lipinski definition) is 1. The SMILES string of the molecule is Cc1ccc(N(Cc2ccc(C(=O)Nc3ccc(I)cc3)cc2)S(C)(=O)=O)cc1C. The summed E-state index contributed by atoms with van der Waals surface area (Å²) in [6.45, 7) is 4.14. The van der Waals surface area contributed by atoms with E-state index < -0.39 is 10.0 Å². The molecular formula is C23H23IN2O3S. The van der Waals surface area contributed by atoms with Crippen LogP contribution in [0.15, 0.2) is 66.7 Å². The minimum absolute atomic E-state index is 0.195. The summed E-state index contributed by atoms with van der Waals surface area (Å²) in [7, 11) is -3.46. The minimum atomic E-state index is -3.46. The minimum Gasteiger partial charge on any atom is -0.322 e. The summed E-state index contributed by atoms with van der Waals surface area (Å²) in [5.41, 5.74) is 4.79. The zero-order valence-corrected chi connectivity index (χ0v) is 20.0. The molecule has 1 amide bonds. The normalized spacial score (nSPS) is 11.2. The lowest BCUT2D eigenvalue weighted by Crippen LogP contribution is -2.29. The quantitative estimate of drug-likeness (QED) is 0.447. The van der Waals surface area contributed by atoms with Crippen molar-refractivity contribution in [1.29, 1.82) is 0 Å². The third kappa shape index (κ3) is 5.60. The molecule has 0 fully saturated rings. The van der Waals surface area contributed by atoms with E-state index in [4.69, 9.17) is 0 Å². The third-order valence-corrected chi connectivity index (χ3v) is 6.68. The van der Waals surface area contributed by atoms with Crippen LogP contribution in [0.4, 0.5) is 11.4 Å². The highest BCUT2D eigenvalue weighted by Crippen LogP contribution is 2.24. The number of rotatable bonds is 6. The second-order valence-corrected chi connectivity index (χ2v) is 10.3. The van der Waals surface area contributed by atoms with Crippen LogP contribution in [0.3, 0.4) is 0 Å². The Morgan fingerprint density at radius 1 is 0.933 bits per heavy atom. The van der Waals surface area contributed by atoms with Gasteiger partial charge in [0.05, 0.1) is 18.5 Å². The number of carbonyl (C=O) groups excluding carboxylic acids is 1. The molecule has 0 bridgehead atoms. The highest BCUT2D eigenvalue weighted by atomic mass is 127. The maximum absolute atomic E-state index is 12.5. The fourth-order valence-electron chi connectivity index (χ4n) is 2.94. The lowest BCUT2D eigenvalue weighted by atomic mass is 10.1. The van der Waals surface area contributed by atoms with Crippen LogP contribution in [0.25, 0.3) is 0 Å². The van der Waals surface area contributed by atoms with Gasteiger partial charge in [-0.1, -0.05) is 18.2 Å². The van der Waals surface area contributed by atoms with Gasteiger partial charge in [0, 0.05) is 14.8 Å². The van der Waals surface area contributed by atoms with E-state index in [-0.39, 0.29) is 12.5 Å². The Labute approximate surface area is 191 Å². The molecule has 0 aliphatic rings. The average molecular weight is 534 g/mol. The number of sulfonamides is 1.